The van der Waals surface area contributed by atoms with Crippen LogP contribution in [0.3, 0.4) is 0 Å². The molecule has 2 N–H and O–H groups in total. The van der Waals surface area contributed by atoms with Crippen molar-refractivity contribution in [2.75, 3.05) is 13.2 Å². The highest BCUT2D eigenvalue weighted by Gasteiger charge is 2.19. The van der Waals surface area contributed by atoms with E-state index in [9.17, 15) is 24.0 Å². The summed E-state index contributed by atoms with van der Waals surface area (Å²) in [4.78, 5) is 56.2. The van der Waals surface area contributed by atoms with E-state index in [1.54, 1.807) is 13.8 Å². The minimum Gasteiger partial charge on any atom is -0.466 e. The summed E-state index contributed by atoms with van der Waals surface area (Å²) in [6.45, 7) is 3.85. The first-order chi connectivity index (χ1) is 13.4. The number of hydrogen-bond donors (Lipinski definition) is 2. The van der Waals surface area contributed by atoms with Crippen molar-refractivity contribution in [1.82, 2.24) is 10.6 Å². The Morgan fingerprint density at radius 3 is 2.04 bits per heavy atom. The number of nitrogens with one attached hydrogen (secondary N) is 2. The largest absolute Gasteiger partial charge is 0.466 e. The van der Waals surface area contributed by atoms with Crippen LogP contribution in [-0.2, 0) is 28.7 Å². The van der Waals surface area contributed by atoms with Gasteiger partial charge in [-0.25, -0.2) is 0 Å². The molecule has 8 nitrogen and oxygen atoms in total. The van der Waals surface area contributed by atoms with Gasteiger partial charge in [0.05, 0.1) is 6.61 Å². The number of esters is 1. The van der Waals surface area contributed by atoms with Gasteiger partial charge in [-0.05, 0) is 52.4 Å². The number of hydrogen-bond acceptors (Lipinski definition) is 6. The summed E-state index contributed by atoms with van der Waals surface area (Å²) in [5.74, 6) is -0.445. The Kier molecular flexibility index (Phi) is 15.5. The topological polar surface area (TPSA) is 119 Å². The van der Waals surface area contributed by atoms with Crippen LogP contribution < -0.4 is 10.6 Å². The average molecular weight is 399 g/mol. The van der Waals surface area contributed by atoms with Crippen molar-refractivity contribution >= 4 is 29.9 Å². The van der Waals surface area contributed by atoms with Gasteiger partial charge in [0.15, 0.2) is 0 Å². The molecule has 0 saturated heterocycles. The van der Waals surface area contributed by atoms with Crippen molar-refractivity contribution in [3.8, 4) is 0 Å². The van der Waals surface area contributed by atoms with Crippen LogP contribution in [0.25, 0.3) is 0 Å². The van der Waals surface area contributed by atoms with Gasteiger partial charge in [-0.2, -0.15) is 0 Å². The molecule has 0 rings (SSSR count). The fourth-order valence-corrected chi connectivity index (χ4v) is 2.56. The van der Waals surface area contributed by atoms with Gasteiger partial charge in [-0.15, -0.1) is 0 Å². The van der Waals surface area contributed by atoms with E-state index in [0.29, 0.717) is 32.2 Å². The molecular weight excluding hydrogens is 364 g/mol. The molecular formula is C20H34N2O6. The Bertz CT molecular complexity index is 507. The van der Waals surface area contributed by atoms with Crippen LogP contribution in [0.5, 0.6) is 0 Å². The molecule has 0 aliphatic rings. The van der Waals surface area contributed by atoms with Gasteiger partial charge in [0.1, 0.15) is 17.6 Å². The van der Waals surface area contributed by atoms with Crippen LogP contribution >= 0.6 is 0 Å². The first kappa shape index (κ1) is 25.8. The van der Waals surface area contributed by atoms with E-state index in [4.69, 9.17) is 4.74 Å². The number of Topliss-reactive ketones (excluding diaryl/α,β-unsaturated/α-hetero) is 2. The summed E-state index contributed by atoms with van der Waals surface area (Å²) in [5, 5.41) is 5.15. The second kappa shape index (κ2) is 16.9. The third-order valence-electron chi connectivity index (χ3n) is 4.16. The van der Waals surface area contributed by atoms with E-state index in [1.165, 1.54) is 0 Å². The lowest BCUT2D eigenvalue weighted by Gasteiger charge is -2.15. The molecule has 8 heteroatoms. The molecule has 1 unspecified atom stereocenters. The molecule has 0 fully saturated rings. The van der Waals surface area contributed by atoms with Gasteiger partial charge in [-0.3, -0.25) is 14.4 Å². The quantitative estimate of drug-likeness (QED) is 0.207. The second-order valence-electron chi connectivity index (χ2n) is 6.91. The Hall–Kier alpha value is -2.25. The van der Waals surface area contributed by atoms with E-state index < -0.39 is 12.0 Å². The molecule has 1 atom stereocenters. The van der Waals surface area contributed by atoms with Crippen molar-refractivity contribution in [3.05, 3.63) is 0 Å². The number of carbonyl (C=O) groups is 5. The fourth-order valence-electron chi connectivity index (χ4n) is 2.56. The van der Waals surface area contributed by atoms with Gasteiger partial charge in [0, 0.05) is 25.8 Å². The van der Waals surface area contributed by atoms with Crippen molar-refractivity contribution in [3.63, 3.8) is 0 Å². The first-order valence-electron chi connectivity index (χ1n) is 9.98. The SMILES string of the molecule is CC(=O)CCCCCNC(=O)C(CCC(=O)OCCCCCC(C)=O)NC=O. The van der Waals surface area contributed by atoms with E-state index in [0.717, 1.165) is 32.1 Å². The molecule has 0 spiro atoms. The average Bonchev–Trinajstić information content (AvgIpc) is 2.63. The molecule has 0 heterocycles. The molecule has 0 aromatic carbocycles. The smallest absolute Gasteiger partial charge is 0.305 e. The minimum atomic E-state index is -0.780. The summed E-state index contributed by atoms with van der Waals surface area (Å²) < 4.78 is 5.10. The van der Waals surface area contributed by atoms with Crippen LogP contribution in [-0.4, -0.2) is 49.0 Å². The molecule has 0 aliphatic heterocycles. The maximum absolute atomic E-state index is 12.1. The zero-order valence-electron chi connectivity index (χ0n) is 17.1. The lowest BCUT2D eigenvalue weighted by atomic mass is 10.1. The third kappa shape index (κ3) is 16.0. The van der Waals surface area contributed by atoms with E-state index in [-0.39, 0.29) is 36.9 Å². The molecule has 28 heavy (non-hydrogen) atoms. The van der Waals surface area contributed by atoms with E-state index >= 15 is 0 Å². The zero-order valence-corrected chi connectivity index (χ0v) is 17.1. The number of unbranched alkanes of at least 4 members (excludes halogenated alkanes) is 4. The second-order valence-corrected chi connectivity index (χ2v) is 6.91. The Labute approximate surface area is 167 Å². The zero-order chi connectivity index (χ0) is 21.2. The minimum absolute atomic E-state index is 0.0327. The summed E-state index contributed by atoms with van der Waals surface area (Å²) in [6.07, 6.45) is 6.40. The molecule has 160 valence electrons. The van der Waals surface area contributed by atoms with Crippen LogP contribution in [0.4, 0.5) is 0 Å². The number of carbonyl (C=O) groups excluding carboxylic acids is 5. The van der Waals surface area contributed by atoms with Gasteiger partial charge in [0.25, 0.3) is 0 Å². The maximum Gasteiger partial charge on any atom is 0.305 e. The Balaban J connectivity index is 3.93. The number of ketones is 2. The van der Waals surface area contributed by atoms with Crippen molar-refractivity contribution in [1.29, 1.82) is 0 Å². The number of rotatable bonds is 18. The molecule has 0 aliphatic carbocycles. The van der Waals surface area contributed by atoms with Gasteiger partial charge < -0.3 is 25.0 Å². The molecule has 0 aromatic heterocycles. The number of amides is 2. The third-order valence-corrected chi connectivity index (χ3v) is 4.16. The highest BCUT2D eigenvalue weighted by atomic mass is 16.5. The molecule has 0 saturated carbocycles. The molecule has 0 bridgehead atoms. The fraction of sp³-hybridized carbons (Fsp3) is 0.750. The predicted molar refractivity (Wildman–Crippen MR) is 104 cm³/mol. The molecule has 2 amide bonds. The Morgan fingerprint density at radius 2 is 1.46 bits per heavy atom. The van der Waals surface area contributed by atoms with Crippen molar-refractivity contribution < 1.29 is 28.7 Å². The summed E-state index contributed by atoms with van der Waals surface area (Å²) in [7, 11) is 0. The first-order valence-corrected chi connectivity index (χ1v) is 9.98. The summed E-state index contributed by atoms with van der Waals surface area (Å²) in [5.41, 5.74) is 0. The molecule has 0 aromatic rings. The normalized spacial score (nSPS) is 11.4. The highest BCUT2D eigenvalue weighted by molar-refractivity contribution is 5.84. The maximum atomic E-state index is 12.1. The van der Waals surface area contributed by atoms with E-state index in [2.05, 4.69) is 10.6 Å². The molecule has 0 radical (unpaired) electrons. The van der Waals surface area contributed by atoms with Gasteiger partial charge >= 0.3 is 5.97 Å². The predicted octanol–water partition coefficient (Wildman–Crippen LogP) is 1.84. The number of ether oxygens (including phenoxy) is 1. The lowest BCUT2D eigenvalue weighted by molar-refractivity contribution is -0.144. The monoisotopic (exact) mass is 398 g/mol. The Morgan fingerprint density at radius 1 is 0.857 bits per heavy atom. The van der Waals surface area contributed by atoms with Crippen molar-refractivity contribution in [2.24, 2.45) is 0 Å². The summed E-state index contributed by atoms with van der Waals surface area (Å²) in [6, 6.07) is -0.780. The van der Waals surface area contributed by atoms with Crippen molar-refractivity contribution in [2.45, 2.75) is 84.1 Å². The summed E-state index contributed by atoms with van der Waals surface area (Å²) >= 11 is 0. The van der Waals surface area contributed by atoms with Gasteiger partial charge in [0.2, 0.25) is 12.3 Å². The highest BCUT2D eigenvalue weighted by Crippen LogP contribution is 2.04. The van der Waals surface area contributed by atoms with Crippen LogP contribution in [0.2, 0.25) is 0 Å². The lowest BCUT2D eigenvalue weighted by Crippen LogP contribution is -2.44. The standard InChI is InChI=1S/C20H34N2O6/c1-16(24)9-5-3-7-13-21-20(27)18(22-15-23)11-12-19(26)28-14-8-4-6-10-17(2)25/h15,18H,3-14H2,1-2H3,(H,21,27)(H,22,23). The van der Waals surface area contributed by atoms with Crippen LogP contribution in [0, 0.1) is 0 Å². The van der Waals surface area contributed by atoms with Crippen LogP contribution in [0.15, 0.2) is 0 Å². The van der Waals surface area contributed by atoms with Crippen LogP contribution in [0.1, 0.15) is 78.1 Å². The van der Waals surface area contributed by atoms with E-state index in [1.807, 2.05) is 0 Å². The van der Waals surface area contributed by atoms with Gasteiger partial charge in [-0.1, -0.05) is 6.42 Å².